The highest BCUT2D eigenvalue weighted by Gasteiger charge is 2.13. The highest BCUT2D eigenvalue weighted by Crippen LogP contribution is 2.13. The van der Waals surface area contributed by atoms with E-state index in [1.165, 1.54) is 18.2 Å². The molecule has 2 N–H and O–H groups in total. The number of benzene rings is 1. The van der Waals surface area contributed by atoms with Gasteiger partial charge in [-0.25, -0.2) is 4.79 Å². The van der Waals surface area contributed by atoms with E-state index in [-0.39, 0.29) is 23.6 Å². The fraction of sp³-hybridized carbons (Fsp3) is 0.118. The van der Waals surface area contributed by atoms with E-state index in [4.69, 9.17) is 0 Å². The Hall–Kier alpha value is -3.75. The van der Waals surface area contributed by atoms with E-state index in [2.05, 4.69) is 20.5 Å². The van der Waals surface area contributed by atoms with Crippen molar-refractivity contribution in [2.24, 2.45) is 0 Å². The smallest absolute Gasteiger partial charge is 0.307 e. The predicted octanol–water partition coefficient (Wildman–Crippen LogP) is 1.00. The van der Waals surface area contributed by atoms with Crippen LogP contribution in [0.2, 0.25) is 0 Å². The molecule has 3 aromatic heterocycles. The third-order valence-corrected chi connectivity index (χ3v) is 4.10. The Morgan fingerprint density at radius 3 is 2.85 bits per heavy atom. The van der Waals surface area contributed by atoms with Gasteiger partial charge in [-0.05, 0) is 37.3 Å². The number of carbonyl (C=O) groups excluding carboxylic acids is 1. The van der Waals surface area contributed by atoms with Crippen LogP contribution in [-0.2, 0) is 6.54 Å². The Kier molecular flexibility index (Phi) is 3.61. The summed E-state index contributed by atoms with van der Waals surface area (Å²) in [5.41, 5.74) is 0.302. The Morgan fingerprint density at radius 2 is 2.04 bits per heavy atom. The largest absolute Gasteiger partial charge is 0.328 e. The number of aromatic nitrogens is 5. The average Bonchev–Trinajstić information content (AvgIpc) is 3.04. The lowest BCUT2D eigenvalue weighted by Gasteiger charge is -2.06. The lowest BCUT2D eigenvalue weighted by Crippen LogP contribution is -2.34. The number of aromatic amines is 1. The number of amides is 1. The van der Waals surface area contributed by atoms with Crippen molar-refractivity contribution in [1.82, 2.24) is 24.1 Å². The SMILES string of the molecule is CCn1c(=O)[nH]c2cc(C(=O)Nc3nnc4ccccn34)ccc2c1=O. The maximum absolute atomic E-state index is 12.5. The molecule has 0 atom stereocenters. The van der Waals surface area contributed by atoms with Crippen LogP contribution in [0.1, 0.15) is 17.3 Å². The molecular weight excluding hydrogens is 336 g/mol. The number of rotatable bonds is 3. The van der Waals surface area contributed by atoms with Crippen LogP contribution in [0.4, 0.5) is 5.95 Å². The van der Waals surface area contributed by atoms with Crippen molar-refractivity contribution in [2.45, 2.75) is 13.5 Å². The van der Waals surface area contributed by atoms with Crippen molar-refractivity contribution in [3.63, 3.8) is 0 Å². The van der Waals surface area contributed by atoms with Gasteiger partial charge >= 0.3 is 5.69 Å². The van der Waals surface area contributed by atoms with Crippen molar-refractivity contribution in [1.29, 1.82) is 0 Å². The molecule has 1 amide bonds. The molecule has 0 saturated heterocycles. The van der Waals surface area contributed by atoms with Crippen LogP contribution >= 0.6 is 0 Å². The third-order valence-electron chi connectivity index (χ3n) is 4.10. The van der Waals surface area contributed by atoms with Gasteiger partial charge < -0.3 is 4.98 Å². The molecular formula is C17H14N6O3. The Balaban J connectivity index is 1.73. The average molecular weight is 350 g/mol. The Bertz CT molecular complexity index is 1270. The molecule has 4 rings (SSSR count). The Morgan fingerprint density at radius 1 is 1.19 bits per heavy atom. The van der Waals surface area contributed by atoms with Crippen molar-refractivity contribution >= 4 is 28.4 Å². The van der Waals surface area contributed by atoms with Gasteiger partial charge in [0.2, 0.25) is 5.95 Å². The molecule has 0 radical (unpaired) electrons. The van der Waals surface area contributed by atoms with Gasteiger partial charge in [-0.15, -0.1) is 10.2 Å². The molecule has 0 aliphatic rings. The van der Waals surface area contributed by atoms with Gasteiger partial charge in [0.15, 0.2) is 5.65 Å². The first-order chi connectivity index (χ1) is 12.6. The second-order valence-electron chi connectivity index (χ2n) is 5.65. The lowest BCUT2D eigenvalue weighted by molar-refractivity contribution is 0.102. The maximum atomic E-state index is 12.5. The zero-order chi connectivity index (χ0) is 18.3. The van der Waals surface area contributed by atoms with Gasteiger partial charge in [0, 0.05) is 18.3 Å². The summed E-state index contributed by atoms with van der Waals surface area (Å²) in [7, 11) is 0. The molecule has 0 spiro atoms. The number of nitrogens with zero attached hydrogens (tertiary/aromatic N) is 4. The van der Waals surface area contributed by atoms with Gasteiger partial charge in [-0.2, -0.15) is 0 Å². The molecule has 0 fully saturated rings. The topological polar surface area (TPSA) is 114 Å². The van der Waals surface area contributed by atoms with Crippen LogP contribution < -0.4 is 16.6 Å². The number of pyridine rings is 1. The number of nitrogens with one attached hydrogen (secondary N) is 2. The van der Waals surface area contributed by atoms with Crippen LogP contribution in [0.3, 0.4) is 0 Å². The number of fused-ring (bicyclic) bond motifs is 2. The van der Waals surface area contributed by atoms with Crippen LogP contribution in [-0.4, -0.2) is 30.1 Å². The Labute approximate surface area is 145 Å². The van der Waals surface area contributed by atoms with E-state index in [1.807, 2.05) is 6.07 Å². The molecule has 0 aliphatic heterocycles. The van der Waals surface area contributed by atoms with E-state index in [0.717, 1.165) is 4.57 Å². The summed E-state index contributed by atoms with van der Waals surface area (Å²) in [5, 5.41) is 10.9. The van der Waals surface area contributed by atoms with Gasteiger partial charge in [-0.1, -0.05) is 6.07 Å². The molecule has 9 heteroatoms. The van der Waals surface area contributed by atoms with E-state index < -0.39 is 11.6 Å². The summed E-state index contributed by atoms with van der Waals surface area (Å²) in [6.07, 6.45) is 1.73. The van der Waals surface area contributed by atoms with E-state index in [9.17, 15) is 14.4 Å². The molecule has 9 nitrogen and oxygen atoms in total. The van der Waals surface area contributed by atoms with E-state index in [0.29, 0.717) is 16.6 Å². The normalized spacial score (nSPS) is 11.1. The molecule has 26 heavy (non-hydrogen) atoms. The van der Waals surface area contributed by atoms with Gasteiger partial charge in [0.1, 0.15) is 0 Å². The predicted molar refractivity (Wildman–Crippen MR) is 95.4 cm³/mol. The summed E-state index contributed by atoms with van der Waals surface area (Å²) in [5.74, 6) is -0.147. The summed E-state index contributed by atoms with van der Waals surface area (Å²) >= 11 is 0. The minimum Gasteiger partial charge on any atom is -0.307 e. The van der Waals surface area contributed by atoms with Gasteiger partial charge in [0.05, 0.1) is 10.9 Å². The fourth-order valence-corrected chi connectivity index (χ4v) is 2.78. The molecule has 0 bridgehead atoms. The van der Waals surface area contributed by atoms with Crippen molar-refractivity contribution in [2.75, 3.05) is 5.32 Å². The van der Waals surface area contributed by atoms with Gasteiger partial charge in [0.25, 0.3) is 11.5 Å². The zero-order valence-corrected chi connectivity index (χ0v) is 13.8. The number of carbonyl (C=O) groups is 1. The number of H-pyrrole nitrogens is 1. The van der Waals surface area contributed by atoms with Crippen LogP contribution in [0.15, 0.2) is 52.2 Å². The molecule has 1 aromatic carbocycles. The fourth-order valence-electron chi connectivity index (χ4n) is 2.78. The third kappa shape index (κ3) is 2.46. The zero-order valence-electron chi connectivity index (χ0n) is 13.8. The molecule has 0 unspecified atom stereocenters. The van der Waals surface area contributed by atoms with Gasteiger partial charge in [-0.3, -0.25) is 23.9 Å². The first kappa shape index (κ1) is 15.8. The van der Waals surface area contributed by atoms with Crippen LogP contribution in [0.25, 0.3) is 16.6 Å². The summed E-state index contributed by atoms with van der Waals surface area (Å²) in [4.78, 5) is 39.4. The summed E-state index contributed by atoms with van der Waals surface area (Å²) in [6, 6.07) is 9.90. The highest BCUT2D eigenvalue weighted by atomic mass is 16.2. The molecule has 0 saturated carbocycles. The standard InChI is InChI=1S/C17H14N6O3/c1-2-22-15(25)11-7-6-10(9-12(11)18-17(22)26)14(24)19-16-21-20-13-5-3-4-8-23(13)16/h3-9H,2H2,1H3,(H,18,26)(H,19,21,24). The minimum atomic E-state index is -0.508. The highest BCUT2D eigenvalue weighted by molar-refractivity contribution is 6.05. The summed E-state index contributed by atoms with van der Waals surface area (Å²) < 4.78 is 2.74. The van der Waals surface area contributed by atoms with Crippen molar-refractivity contribution < 1.29 is 4.79 Å². The van der Waals surface area contributed by atoms with Crippen LogP contribution in [0.5, 0.6) is 0 Å². The van der Waals surface area contributed by atoms with E-state index >= 15 is 0 Å². The first-order valence-corrected chi connectivity index (χ1v) is 7.96. The number of hydrogen-bond donors (Lipinski definition) is 2. The quantitative estimate of drug-likeness (QED) is 0.572. The van der Waals surface area contributed by atoms with Crippen molar-refractivity contribution in [3.05, 3.63) is 69.0 Å². The summed E-state index contributed by atoms with van der Waals surface area (Å²) in [6.45, 7) is 1.99. The second kappa shape index (κ2) is 5.96. The number of anilines is 1. The van der Waals surface area contributed by atoms with Crippen molar-refractivity contribution in [3.8, 4) is 0 Å². The lowest BCUT2D eigenvalue weighted by atomic mass is 10.1. The monoisotopic (exact) mass is 350 g/mol. The molecule has 3 heterocycles. The molecule has 0 aliphatic carbocycles. The minimum absolute atomic E-state index is 0.270. The maximum Gasteiger partial charge on any atom is 0.328 e. The number of hydrogen-bond acceptors (Lipinski definition) is 5. The second-order valence-corrected chi connectivity index (χ2v) is 5.65. The van der Waals surface area contributed by atoms with Crippen LogP contribution in [0, 0.1) is 0 Å². The van der Waals surface area contributed by atoms with E-state index in [1.54, 1.807) is 29.7 Å². The molecule has 4 aromatic rings. The molecule has 130 valence electrons. The first-order valence-electron chi connectivity index (χ1n) is 7.96.